The first-order valence-electron chi connectivity index (χ1n) is 7.00. The van der Waals surface area contributed by atoms with Crippen LogP contribution in [0.1, 0.15) is 31.4 Å². The zero-order valence-corrected chi connectivity index (χ0v) is 12.5. The minimum Gasteiger partial charge on any atom is -0.381 e. The second-order valence-electron chi connectivity index (χ2n) is 4.91. The maximum Gasteiger partial charge on any atom is 0.154 e. The molecular formula is C15H21FN2OS. The Bertz CT molecular complexity index is 467. The Hall–Kier alpha value is -1.07. The van der Waals surface area contributed by atoms with Crippen molar-refractivity contribution < 1.29 is 9.13 Å². The van der Waals surface area contributed by atoms with Gasteiger partial charge in [-0.1, -0.05) is 36.9 Å². The molecule has 0 aromatic heterocycles. The third-order valence-electron chi connectivity index (χ3n) is 3.36. The molecule has 5 heteroatoms. The Balaban J connectivity index is 2.09. The topological polar surface area (TPSA) is 47.6 Å². The molecule has 110 valence electrons. The van der Waals surface area contributed by atoms with Gasteiger partial charge in [-0.25, -0.2) is 4.39 Å². The highest BCUT2D eigenvalue weighted by Crippen LogP contribution is 2.36. The van der Waals surface area contributed by atoms with Crippen molar-refractivity contribution in [2.24, 2.45) is 16.6 Å². The van der Waals surface area contributed by atoms with E-state index in [0.717, 1.165) is 25.2 Å². The van der Waals surface area contributed by atoms with Gasteiger partial charge in [0.1, 0.15) is 5.82 Å². The molecule has 3 nitrogen and oxygen atoms in total. The summed E-state index contributed by atoms with van der Waals surface area (Å²) in [6, 6.07) is 6.63. The number of nitrogens with two attached hydrogens (primary N) is 1. The highest BCUT2D eigenvalue weighted by molar-refractivity contribution is 8.13. The van der Waals surface area contributed by atoms with Gasteiger partial charge in [0, 0.05) is 24.5 Å². The summed E-state index contributed by atoms with van der Waals surface area (Å²) in [6.45, 7) is 3.55. The molecule has 1 aliphatic rings. The molecule has 1 aromatic carbocycles. The van der Waals surface area contributed by atoms with Gasteiger partial charge in [-0.05, 0) is 24.8 Å². The van der Waals surface area contributed by atoms with Crippen LogP contribution < -0.4 is 5.73 Å². The molecule has 2 rings (SSSR count). The zero-order chi connectivity index (χ0) is 14.4. The molecule has 0 saturated heterocycles. The Kier molecular flexibility index (Phi) is 5.86. The third-order valence-corrected chi connectivity index (χ3v) is 4.36. The van der Waals surface area contributed by atoms with E-state index >= 15 is 0 Å². The largest absolute Gasteiger partial charge is 0.381 e. The molecule has 0 saturated carbocycles. The molecule has 0 fully saturated rings. The van der Waals surface area contributed by atoms with Gasteiger partial charge >= 0.3 is 0 Å². The minimum atomic E-state index is -0.208. The quantitative estimate of drug-likeness (QED) is 0.819. The number of rotatable bonds is 6. The summed E-state index contributed by atoms with van der Waals surface area (Å²) in [7, 11) is 0. The van der Waals surface area contributed by atoms with E-state index in [1.54, 1.807) is 23.9 Å². The lowest BCUT2D eigenvalue weighted by Gasteiger charge is -2.28. The van der Waals surface area contributed by atoms with Crippen LogP contribution in [0.2, 0.25) is 0 Å². The van der Waals surface area contributed by atoms with Gasteiger partial charge in [-0.2, -0.15) is 0 Å². The summed E-state index contributed by atoms with van der Waals surface area (Å²) >= 11 is 1.54. The maximum atomic E-state index is 14.0. The van der Waals surface area contributed by atoms with Crippen LogP contribution in [0.5, 0.6) is 0 Å². The number of amidine groups is 1. The SMILES string of the molecule is CCCOCCC1CSC(N)=NC1c1ccccc1F. The fourth-order valence-corrected chi connectivity index (χ4v) is 3.25. The van der Waals surface area contributed by atoms with Crippen molar-refractivity contribution in [1.29, 1.82) is 0 Å². The smallest absolute Gasteiger partial charge is 0.154 e. The van der Waals surface area contributed by atoms with E-state index in [9.17, 15) is 4.39 Å². The number of aliphatic imine (C=N–C) groups is 1. The fraction of sp³-hybridized carbons (Fsp3) is 0.533. The van der Waals surface area contributed by atoms with Crippen molar-refractivity contribution in [3.63, 3.8) is 0 Å². The predicted molar refractivity (Wildman–Crippen MR) is 82.4 cm³/mol. The van der Waals surface area contributed by atoms with Crippen LogP contribution in [-0.4, -0.2) is 24.1 Å². The van der Waals surface area contributed by atoms with Crippen molar-refractivity contribution in [3.05, 3.63) is 35.6 Å². The van der Waals surface area contributed by atoms with Crippen LogP contribution in [0.25, 0.3) is 0 Å². The number of halogens is 1. The van der Waals surface area contributed by atoms with E-state index < -0.39 is 0 Å². The summed E-state index contributed by atoms with van der Waals surface area (Å²) in [6.07, 6.45) is 1.89. The Labute approximate surface area is 123 Å². The molecule has 0 aliphatic carbocycles. The van der Waals surface area contributed by atoms with E-state index in [1.165, 1.54) is 6.07 Å². The van der Waals surface area contributed by atoms with E-state index in [4.69, 9.17) is 10.5 Å². The molecular weight excluding hydrogens is 275 g/mol. The normalized spacial score (nSPS) is 22.6. The third kappa shape index (κ3) is 3.96. The molecule has 1 heterocycles. The van der Waals surface area contributed by atoms with Crippen LogP contribution in [0.4, 0.5) is 4.39 Å². The molecule has 0 amide bonds. The summed E-state index contributed by atoms with van der Waals surface area (Å²) < 4.78 is 19.5. The molecule has 0 bridgehead atoms. The van der Waals surface area contributed by atoms with Gasteiger partial charge in [0.15, 0.2) is 5.17 Å². The summed E-state index contributed by atoms with van der Waals surface area (Å²) in [5, 5.41) is 0.545. The highest BCUT2D eigenvalue weighted by atomic mass is 32.2. The second kappa shape index (κ2) is 7.64. The van der Waals surface area contributed by atoms with Gasteiger partial charge in [-0.15, -0.1) is 0 Å². The summed E-state index contributed by atoms with van der Waals surface area (Å²) in [4.78, 5) is 4.46. The molecule has 2 atom stereocenters. The zero-order valence-electron chi connectivity index (χ0n) is 11.7. The van der Waals surface area contributed by atoms with Gasteiger partial charge in [0.25, 0.3) is 0 Å². The molecule has 0 radical (unpaired) electrons. The lowest BCUT2D eigenvalue weighted by molar-refractivity contribution is 0.119. The average Bonchev–Trinajstić information content (AvgIpc) is 2.45. The van der Waals surface area contributed by atoms with Crippen LogP contribution in [-0.2, 0) is 4.74 Å². The summed E-state index contributed by atoms with van der Waals surface area (Å²) in [5.41, 5.74) is 6.45. The monoisotopic (exact) mass is 296 g/mol. The fourth-order valence-electron chi connectivity index (χ4n) is 2.32. The van der Waals surface area contributed by atoms with Crippen LogP contribution in [0, 0.1) is 11.7 Å². The molecule has 2 N–H and O–H groups in total. The predicted octanol–water partition coefficient (Wildman–Crippen LogP) is 3.36. The van der Waals surface area contributed by atoms with Gasteiger partial charge in [0.05, 0.1) is 6.04 Å². The summed E-state index contributed by atoms with van der Waals surface area (Å²) in [5.74, 6) is 0.922. The Morgan fingerprint density at radius 3 is 2.95 bits per heavy atom. The average molecular weight is 296 g/mol. The van der Waals surface area contributed by atoms with Crippen LogP contribution in [0.15, 0.2) is 29.3 Å². The first kappa shape index (κ1) is 15.3. The van der Waals surface area contributed by atoms with Crippen molar-refractivity contribution in [1.82, 2.24) is 0 Å². The number of ether oxygens (including phenoxy) is 1. The Morgan fingerprint density at radius 2 is 2.20 bits per heavy atom. The number of hydrogen-bond donors (Lipinski definition) is 1. The minimum absolute atomic E-state index is 0.192. The molecule has 20 heavy (non-hydrogen) atoms. The number of nitrogens with zero attached hydrogens (tertiary/aromatic N) is 1. The van der Waals surface area contributed by atoms with Gasteiger partial charge in [0.2, 0.25) is 0 Å². The van der Waals surface area contributed by atoms with Crippen molar-refractivity contribution in [2.75, 3.05) is 19.0 Å². The van der Waals surface area contributed by atoms with E-state index in [-0.39, 0.29) is 17.8 Å². The van der Waals surface area contributed by atoms with Crippen molar-refractivity contribution in [2.45, 2.75) is 25.8 Å². The maximum absolute atomic E-state index is 14.0. The molecule has 0 spiro atoms. The number of hydrogen-bond acceptors (Lipinski definition) is 4. The highest BCUT2D eigenvalue weighted by Gasteiger charge is 2.28. The number of thioether (sulfide) groups is 1. The van der Waals surface area contributed by atoms with Gasteiger partial charge in [-0.3, -0.25) is 4.99 Å². The first-order chi connectivity index (χ1) is 9.72. The molecule has 1 aromatic rings. The molecule has 1 aliphatic heterocycles. The number of benzene rings is 1. The molecule has 2 unspecified atom stereocenters. The van der Waals surface area contributed by atoms with E-state index in [1.807, 2.05) is 6.07 Å². The Morgan fingerprint density at radius 1 is 1.40 bits per heavy atom. The first-order valence-corrected chi connectivity index (χ1v) is 7.99. The lowest BCUT2D eigenvalue weighted by atomic mass is 9.92. The van der Waals surface area contributed by atoms with Crippen molar-refractivity contribution in [3.8, 4) is 0 Å². The van der Waals surface area contributed by atoms with Crippen LogP contribution >= 0.6 is 11.8 Å². The standard InChI is InChI=1S/C15H21FN2OS/c1-2-8-19-9-7-11-10-20-15(17)18-14(11)12-5-3-4-6-13(12)16/h3-6,11,14H,2,7-10H2,1H3,(H2,17,18). The van der Waals surface area contributed by atoms with Crippen molar-refractivity contribution >= 4 is 16.9 Å². The van der Waals surface area contributed by atoms with Crippen LogP contribution in [0.3, 0.4) is 0 Å². The lowest BCUT2D eigenvalue weighted by Crippen LogP contribution is -2.26. The van der Waals surface area contributed by atoms with Gasteiger partial charge < -0.3 is 10.5 Å². The van der Waals surface area contributed by atoms with E-state index in [0.29, 0.717) is 17.3 Å². The van der Waals surface area contributed by atoms with E-state index in [2.05, 4.69) is 11.9 Å². The second-order valence-corrected chi connectivity index (χ2v) is 5.95.